The number of halogens is 1. The van der Waals surface area contributed by atoms with Gasteiger partial charge in [0.25, 0.3) is 5.91 Å². The minimum absolute atomic E-state index is 0.311. The molecular formula is C21H21FN2O5. The Balaban J connectivity index is 1.54. The smallest absolute Gasteiger partial charge is 0.331 e. The molecule has 0 spiro atoms. The first-order valence-electron chi connectivity index (χ1n) is 9.24. The summed E-state index contributed by atoms with van der Waals surface area (Å²) in [5, 5.41) is 0. The van der Waals surface area contributed by atoms with Crippen LogP contribution in [0.4, 0.5) is 4.39 Å². The second-order valence-corrected chi connectivity index (χ2v) is 6.62. The van der Waals surface area contributed by atoms with Gasteiger partial charge in [0, 0.05) is 12.6 Å². The number of rotatable bonds is 6. The first-order valence-corrected chi connectivity index (χ1v) is 9.24. The highest BCUT2D eigenvalue weighted by molar-refractivity contribution is 5.91. The third kappa shape index (κ3) is 5.10. The van der Waals surface area contributed by atoms with E-state index in [1.165, 1.54) is 17.0 Å². The van der Waals surface area contributed by atoms with Crippen LogP contribution in [-0.4, -0.2) is 41.9 Å². The maximum Gasteiger partial charge on any atom is 0.331 e. The van der Waals surface area contributed by atoms with Crippen molar-refractivity contribution in [2.75, 3.05) is 13.2 Å². The van der Waals surface area contributed by atoms with E-state index >= 15 is 0 Å². The molecule has 1 saturated heterocycles. The van der Waals surface area contributed by atoms with Crippen LogP contribution in [0.15, 0.2) is 46.9 Å². The summed E-state index contributed by atoms with van der Waals surface area (Å²) in [6.07, 6.45) is 4.57. The highest BCUT2D eigenvalue weighted by Gasteiger charge is 2.30. The lowest BCUT2D eigenvalue weighted by atomic mass is 10.0. The summed E-state index contributed by atoms with van der Waals surface area (Å²) in [5.74, 6) is -1.52. The van der Waals surface area contributed by atoms with E-state index in [4.69, 9.17) is 14.9 Å². The normalized spacial score (nSPS) is 16.7. The van der Waals surface area contributed by atoms with Crippen molar-refractivity contribution < 1.29 is 27.9 Å². The fraction of sp³-hybridized carbons (Fsp3) is 0.286. The standard InChI is InChI=1S/C21H21FN2O5/c22-16-6-2-1-5-15(16)18-10-8-14(29-18)9-11-20(26)28-13-19(25)24-12-4-3-7-17(24)21(23)27/h1-2,5-6,8-11,17H,3-4,7,12-13H2,(H2,23,27)/b11-9+/t17-/m1/s1. The molecular weight excluding hydrogens is 379 g/mol. The number of likely N-dealkylation sites (tertiary alicyclic amines) is 1. The number of hydrogen-bond acceptors (Lipinski definition) is 5. The monoisotopic (exact) mass is 400 g/mol. The van der Waals surface area contributed by atoms with Crippen LogP contribution < -0.4 is 5.73 Å². The fourth-order valence-electron chi connectivity index (χ4n) is 3.19. The second-order valence-electron chi connectivity index (χ2n) is 6.62. The third-order valence-electron chi connectivity index (χ3n) is 4.64. The summed E-state index contributed by atoms with van der Waals surface area (Å²) >= 11 is 0. The Morgan fingerprint density at radius 3 is 2.76 bits per heavy atom. The van der Waals surface area contributed by atoms with Crippen LogP contribution in [0.5, 0.6) is 0 Å². The Bertz CT molecular complexity index is 937. The Morgan fingerprint density at radius 2 is 2.00 bits per heavy atom. The zero-order valence-electron chi connectivity index (χ0n) is 15.7. The number of nitrogens with zero attached hydrogens (tertiary/aromatic N) is 1. The summed E-state index contributed by atoms with van der Waals surface area (Å²) in [5.41, 5.74) is 5.64. The lowest BCUT2D eigenvalue weighted by molar-refractivity contribution is -0.151. The van der Waals surface area contributed by atoms with Crippen molar-refractivity contribution in [1.82, 2.24) is 4.90 Å². The van der Waals surface area contributed by atoms with E-state index in [1.807, 2.05) is 0 Å². The van der Waals surface area contributed by atoms with Gasteiger partial charge in [-0.05, 0) is 49.6 Å². The summed E-state index contributed by atoms with van der Waals surface area (Å²) < 4.78 is 24.2. The second kappa shape index (κ2) is 9.18. The summed E-state index contributed by atoms with van der Waals surface area (Å²) in [6, 6.07) is 8.69. The van der Waals surface area contributed by atoms with E-state index in [-0.39, 0.29) is 0 Å². The molecule has 8 heteroatoms. The molecule has 1 aliphatic heterocycles. The molecule has 0 unspecified atom stereocenters. The number of benzene rings is 1. The van der Waals surface area contributed by atoms with Gasteiger partial charge >= 0.3 is 5.97 Å². The summed E-state index contributed by atoms with van der Waals surface area (Å²) in [6.45, 7) is -0.0728. The van der Waals surface area contributed by atoms with E-state index in [2.05, 4.69) is 0 Å². The molecule has 1 atom stereocenters. The number of esters is 1. The van der Waals surface area contributed by atoms with Crippen LogP contribution in [0.1, 0.15) is 25.0 Å². The molecule has 2 heterocycles. The molecule has 1 aromatic carbocycles. The quantitative estimate of drug-likeness (QED) is 0.593. The average molecular weight is 400 g/mol. The number of carbonyl (C=O) groups is 3. The highest BCUT2D eigenvalue weighted by Crippen LogP contribution is 2.25. The van der Waals surface area contributed by atoms with Gasteiger partial charge in [0.1, 0.15) is 23.4 Å². The maximum absolute atomic E-state index is 13.8. The third-order valence-corrected chi connectivity index (χ3v) is 4.64. The van der Waals surface area contributed by atoms with Crippen molar-refractivity contribution in [1.29, 1.82) is 0 Å². The van der Waals surface area contributed by atoms with E-state index in [0.717, 1.165) is 18.9 Å². The van der Waals surface area contributed by atoms with Crippen LogP contribution >= 0.6 is 0 Å². The zero-order valence-corrected chi connectivity index (χ0v) is 15.7. The topological polar surface area (TPSA) is 103 Å². The van der Waals surface area contributed by atoms with Gasteiger partial charge < -0.3 is 19.8 Å². The molecule has 29 heavy (non-hydrogen) atoms. The van der Waals surface area contributed by atoms with Gasteiger partial charge in [-0.3, -0.25) is 9.59 Å². The van der Waals surface area contributed by atoms with Crippen molar-refractivity contribution in [3.8, 4) is 11.3 Å². The predicted molar refractivity (Wildman–Crippen MR) is 103 cm³/mol. The lowest BCUT2D eigenvalue weighted by Crippen LogP contribution is -2.51. The zero-order chi connectivity index (χ0) is 20.8. The molecule has 7 nitrogen and oxygen atoms in total. The first kappa shape index (κ1) is 20.3. The minimum atomic E-state index is -0.741. The number of piperidine rings is 1. The molecule has 2 N–H and O–H groups in total. The molecule has 2 amide bonds. The van der Waals surface area contributed by atoms with Gasteiger partial charge in [0.2, 0.25) is 5.91 Å². The van der Waals surface area contributed by atoms with Crippen LogP contribution in [0.25, 0.3) is 17.4 Å². The number of primary amides is 1. The SMILES string of the molecule is NC(=O)[C@H]1CCCCN1C(=O)COC(=O)/C=C/c1ccc(-c2ccccc2F)o1. The molecule has 3 rings (SSSR count). The van der Waals surface area contributed by atoms with Gasteiger partial charge in [0.05, 0.1) is 5.56 Å². The van der Waals surface area contributed by atoms with Gasteiger partial charge in [-0.2, -0.15) is 0 Å². The van der Waals surface area contributed by atoms with Crippen molar-refractivity contribution in [3.05, 3.63) is 54.1 Å². The predicted octanol–water partition coefficient (Wildman–Crippen LogP) is 2.51. The van der Waals surface area contributed by atoms with E-state index in [1.54, 1.807) is 30.3 Å². The molecule has 1 aliphatic rings. The van der Waals surface area contributed by atoms with Crippen molar-refractivity contribution in [2.45, 2.75) is 25.3 Å². The number of hydrogen-bond donors (Lipinski definition) is 1. The van der Waals surface area contributed by atoms with Gasteiger partial charge in [-0.1, -0.05) is 12.1 Å². The number of amides is 2. The summed E-state index contributed by atoms with van der Waals surface area (Å²) in [4.78, 5) is 36.9. The van der Waals surface area contributed by atoms with Crippen molar-refractivity contribution in [2.24, 2.45) is 5.73 Å². The van der Waals surface area contributed by atoms with Crippen LogP contribution in [0.2, 0.25) is 0 Å². The van der Waals surface area contributed by atoms with Gasteiger partial charge in [-0.15, -0.1) is 0 Å². The highest BCUT2D eigenvalue weighted by atomic mass is 19.1. The molecule has 1 aromatic heterocycles. The van der Waals surface area contributed by atoms with Crippen LogP contribution in [0, 0.1) is 5.82 Å². The van der Waals surface area contributed by atoms with E-state index in [0.29, 0.717) is 30.0 Å². The van der Waals surface area contributed by atoms with Gasteiger partial charge in [-0.25, -0.2) is 9.18 Å². The Hall–Kier alpha value is -3.42. The first-order chi connectivity index (χ1) is 14.0. The summed E-state index contributed by atoms with van der Waals surface area (Å²) in [7, 11) is 0. The maximum atomic E-state index is 13.8. The minimum Gasteiger partial charge on any atom is -0.457 e. The molecule has 0 radical (unpaired) electrons. The number of furan rings is 1. The van der Waals surface area contributed by atoms with Crippen LogP contribution in [0.3, 0.4) is 0 Å². The Kier molecular flexibility index (Phi) is 6.43. The number of carbonyl (C=O) groups excluding carboxylic acids is 3. The lowest BCUT2D eigenvalue weighted by Gasteiger charge is -2.33. The number of ether oxygens (including phenoxy) is 1. The molecule has 2 aromatic rings. The fourth-order valence-corrected chi connectivity index (χ4v) is 3.19. The van der Waals surface area contributed by atoms with Crippen LogP contribution in [-0.2, 0) is 19.1 Å². The van der Waals surface area contributed by atoms with Crippen molar-refractivity contribution >= 4 is 23.9 Å². The molecule has 0 aliphatic carbocycles. The molecule has 0 saturated carbocycles. The molecule has 1 fully saturated rings. The van der Waals surface area contributed by atoms with E-state index in [9.17, 15) is 18.8 Å². The van der Waals surface area contributed by atoms with Gasteiger partial charge in [0.15, 0.2) is 6.61 Å². The number of nitrogens with two attached hydrogens (primary N) is 1. The molecule has 152 valence electrons. The van der Waals surface area contributed by atoms with E-state index < -0.39 is 36.2 Å². The molecule has 0 bridgehead atoms. The Labute approximate surface area is 166 Å². The average Bonchev–Trinajstić information content (AvgIpc) is 3.19. The Morgan fingerprint density at radius 1 is 1.21 bits per heavy atom. The largest absolute Gasteiger partial charge is 0.457 e. The van der Waals surface area contributed by atoms with Crippen molar-refractivity contribution in [3.63, 3.8) is 0 Å².